The molecule has 0 radical (unpaired) electrons. The number of esters is 1. The molecule has 0 amide bonds. The van der Waals surface area contributed by atoms with E-state index < -0.39 is 5.97 Å². The zero-order chi connectivity index (χ0) is 19.8. The van der Waals surface area contributed by atoms with E-state index in [4.69, 9.17) is 14.2 Å². The number of hydrogen-bond donors (Lipinski definition) is 0. The number of ether oxygens (including phenoxy) is 3. The molecule has 0 saturated carbocycles. The molecule has 0 atom stereocenters. The van der Waals surface area contributed by atoms with E-state index >= 15 is 0 Å². The van der Waals surface area contributed by atoms with Gasteiger partial charge in [0.2, 0.25) is 0 Å². The van der Waals surface area contributed by atoms with E-state index in [0.29, 0.717) is 17.9 Å². The standard InChI is InChI=1S/C23H20O5/c1-17(24)19-11-5-8-14-22(19)28-23(25)20-12-6-7-13-21(20)27-16-15-26-18-9-3-2-4-10-18/h2-14H,15-16H2,1H3. The average molecular weight is 376 g/mol. The summed E-state index contributed by atoms with van der Waals surface area (Å²) in [4.78, 5) is 24.3. The Bertz CT molecular complexity index is 950. The highest BCUT2D eigenvalue weighted by atomic mass is 16.5. The van der Waals surface area contributed by atoms with E-state index in [9.17, 15) is 9.59 Å². The van der Waals surface area contributed by atoms with Crippen LogP contribution in [0.25, 0.3) is 0 Å². The molecule has 0 saturated heterocycles. The van der Waals surface area contributed by atoms with Gasteiger partial charge in [0.25, 0.3) is 0 Å². The Labute approximate surface area is 163 Å². The summed E-state index contributed by atoms with van der Waals surface area (Å²) >= 11 is 0. The molecule has 0 unspecified atom stereocenters. The van der Waals surface area contributed by atoms with E-state index in [1.54, 1.807) is 48.5 Å². The monoisotopic (exact) mass is 376 g/mol. The topological polar surface area (TPSA) is 61.8 Å². The minimum atomic E-state index is -0.590. The minimum Gasteiger partial charge on any atom is -0.490 e. The van der Waals surface area contributed by atoms with Crippen molar-refractivity contribution >= 4 is 11.8 Å². The summed E-state index contributed by atoms with van der Waals surface area (Å²) in [5.74, 6) is 0.602. The van der Waals surface area contributed by atoms with Crippen molar-refractivity contribution in [1.29, 1.82) is 0 Å². The first-order valence-electron chi connectivity index (χ1n) is 8.87. The molecule has 28 heavy (non-hydrogen) atoms. The number of benzene rings is 3. The van der Waals surface area contributed by atoms with E-state index in [-0.39, 0.29) is 23.7 Å². The van der Waals surface area contributed by atoms with Gasteiger partial charge in [0.05, 0.1) is 5.56 Å². The quantitative estimate of drug-likeness (QED) is 0.249. The predicted octanol–water partition coefficient (Wildman–Crippen LogP) is 4.57. The van der Waals surface area contributed by atoms with Gasteiger partial charge in [-0.25, -0.2) is 4.79 Å². The van der Waals surface area contributed by atoms with Crippen LogP contribution < -0.4 is 14.2 Å². The number of Topliss-reactive ketones (excluding diaryl/α,β-unsaturated/α-hetero) is 1. The highest BCUT2D eigenvalue weighted by Crippen LogP contribution is 2.23. The first-order chi connectivity index (χ1) is 13.6. The molecule has 3 aromatic rings. The molecule has 142 valence electrons. The fraction of sp³-hybridized carbons (Fsp3) is 0.130. The van der Waals surface area contributed by atoms with Gasteiger partial charge in [-0.2, -0.15) is 0 Å². The average Bonchev–Trinajstić information content (AvgIpc) is 2.72. The molecule has 0 aliphatic rings. The largest absolute Gasteiger partial charge is 0.490 e. The highest BCUT2D eigenvalue weighted by molar-refractivity contribution is 5.99. The van der Waals surface area contributed by atoms with Crippen molar-refractivity contribution in [3.05, 3.63) is 90.0 Å². The van der Waals surface area contributed by atoms with Crippen LogP contribution in [0, 0.1) is 0 Å². The number of rotatable bonds is 8. The fourth-order valence-electron chi connectivity index (χ4n) is 2.59. The van der Waals surface area contributed by atoms with Crippen LogP contribution >= 0.6 is 0 Å². The molecule has 0 bridgehead atoms. The van der Waals surface area contributed by atoms with Gasteiger partial charge in [-0.1, -0.05) is 42.5 Å². The lowest BCUT2D eigenvalue weighted by Gasteiger charge is -2.12. The van der Waals surface area contributed by atoms with Crippen LogP contribution in [-0.4, -0.2) is 25.0 Å². The molecular weight excluding hydrogens is 356 g/mol. The van der Waals surface area contributed by atoms with Crippen molar-refractivity contribution in [3.8, 4) is 17.2 Å². The Morgan fingerprint density at radius 3 is 1.96 bits per heavy atom. The Morgan fingerprint density at radius 2 is 1.25 bits per heavy atom. The molecule has 0 spiro atoms. The van der Waals surface area contributed by atoms with Crippen LogP contribution in [0.4, 0.5) is 0 Å². The lowest BCUT2D eigenvalue weighted by Crippen LogP contribution is -2.15. The summed E-state index contributed by atoms with van der Waals surface area (Å²) in [6.45, 7) is 2.03. The third-order valence-electron chi connectivity index (χ3n) is 3.93. The highest BCUT2D eigenvalue weighted by Gasteiger charge is 2.17. The second kappa shape index (κ2) is 9.37. The van der Waals surface area contributed by atoms with Gasteiger partial charge in [0, 0.05) is 0 Å². The SMILES string of the molecule is CC(=O)c1ccccc1OC(=O)c1ccccc1OCCOc1ccccc1. The summed E-state index contributed by atoms with van der Waals surface area (Å²) in [6, 6.07) is 22.8. The maximum Gasteiger partial charge on any atom is 0.347 e. The number of hydrogen-bond acceptors (Lipinski definition) is 5. The van der Waals surface area contributed by atoms with Crippen molar-refractivity contribution in [2.24, 2.45) is 0 Å². The Morgan fingerprint density at radius 1 is 0.679 bits per heavy atom. The van der Waals surface area contributed by atoms with Crippen LogP contribution in [0.5, 0.6) is 17.2 Å². The van der Waals surface area contributed by atoms with Gasteiger partial charge in [-0.3, -0.25) is 4.79 Å². The minimum absolute atomic E-state index is 0.175. The number of ketones is 1. The van der Waals surface area contributed by atoms with Crippen LogP contribution in [0.2, 0.25) is 0 Å². The second-order valence-corrected chi connectivity index (χ2v) is 5.95. The van der Waals surface area contributed by atoms with Gasteiger partial charge >= 0.3 is 5.97 Å². The zero-order valence-corrected chi connectivity index (χ0v) is 15.5. The van der Waals surface area contributed by atoms with Gasteiger partial charge in [0.15, 0.2) is 5.78 Å². The van der Waals surface area contributed by atoms with Crippen molar-refractivity contribution < 1.29 is 23.8 Å². The molecule has 0 heterocycles. The molecule has 3 aromatic carbocycles. The molecule has 5 heteroatoms. The van der Waals surface area contributed by atoms with Crippen LogP contribution in [-0.2, 0) is 0 Å². The normalized spacial score (nSPS) is 10.2. The summed E-state index contributed by atoms with van der Waals surface area (Å²) in [6.07, 6.45) is 0. The lowest BCUT2D eigenvalue weighted by molar-refractivity contribution is 0.0727. The van der Waals surface area contributed by atoms with E-state index in [0.717, 1.165) is 5.75 Å². The maximum atomic E-state index is 12.6. The second-order valence-electron chi connectivity index (χ2n) is 5.95. The number of carbonyl (C=O) groups is 2. The van der Waals surface area contributed by atoms with Crippen molar-refractivity contribution in [2.75, 3.05) is 13.2 Å². The zero-order valence-electron chi connectivity index (χ0n) is 15.5. The summed E-state index contributed by atoms with van der Waals surface area (Å²) in [5.41, 5.74) is 0.631. The van der Waals surface area contributed by atoms with Crippen LogP contribution in [0.1, 0.15) is 27.6 Å². The van der Waals surface area contributed by atoms with E-state index in [2.05, 4.69) is 0 Å². The predicted molar refractivity (Wildman–Crippen MR) is 105 cm³/mol. The van der Waals surface area contributed by atoms with Crippen molar-refractivity contribution in [2.45, 2.75) is 6.92 Å². The summed E-state index contributed by atoms with van der Waals surface area (Å²) in [5, 5.41) is 0. The molecule has 0 aliphatic heterocycles. The summed E-state index contributed by atoms with van der Waals surface area (Å²) in [7, 11) is 0. The molecule has 0 fully saturated rings. The van der Waals surface area contributed by atoms with E-state index in [1.807, 2.05) is 30.3 Å². The first kappa shape index (κ1) is 19.2. The number of para-hydroxylation sites is 3. The third-order valence-corrected chi connectivity index (χ3v) is 3.93. The molecule has 0 aromatic heterocycles. The van der Waals surface area contributed by atoms with Crippen molar-refractivity contribution in [1.82, 2.24) is 0 Å². The Kier molecular flexibility index (Phi) is 6.41. The smallest absolute Gasteiger partial charge is 0.347 e. The van der Waals surface area contributed by atoms with Gasteiger partial charge in [-0.05, 0) is 43.3 Å². The van der Waals surface area contributed by atoms with Crippen LogP contribution in [0.15, 0.2) is 78.9 Å². The Hall–Kier alpha value is -3.60. The lowest BCUT2D eigenvalue weighted by atomic mass is 10.1. The molecule has 3 rings (SSSR count). The molecule has 0 N–H and O–H groups in total. The van der Waals surface area contributed by atoms with E-state index in [1.165, 1.54) is 6.92 Å². The number of carbonyl (C=O) groups excluding carboxylic acids is 2. The van der Waals surface area contributed by atoms with Gasteiger partial charge < -0.3 is 14.2 Å². The van der Waals surface area contributed by atoms with Gasteiger partial charge in [0.1, 0.15) is 36.0 Å². The van der Waals surface area contributed by atoms with Crippen molar-refractivity contribution in [3.63, 3.8) is 0 Å². The third kappa shape index (κ3) is 4.98. The molecular formula is C23H20O5. The fourth-order valence-corrected chi connectivity index (χ4v) is 2.59. The molecule has 0 aliphatic carbocycles. The Balaban J connectivity index is 1.64. The van der Waals surface area contributed by atoms with Gasteiger partial charge in [-0.15, -0.1) is 0 Å². The first-order valence-corrected chi connectivity index (χ1v) is 8.87. The molecule has 5 nitrogen and oxygen atoms in total. The summed E-state index contributed by atoms with van der Waals surface area (Å²) < 4.78 is 16.7. The van der Waals surface area contributed by atoms with Crippen LogP contribution in [0.3, 0.4) is 0 Å². The maximum absolute atomic E-state index is 12.6.